The summed E-state index contributed by atoms with van der Waals surface area (Å²) in [5.74, 6) is 1.76. The molecule has 0 amide bonds. The predicted octanol–water partition coefficient (Wildman–Crippen LogP) is 9.14. The van der Waals surface area contributed by atoms with Gasteiger partial charge in [0.2, 0.25) is 0 Å². The smallest absolute Gasteiger partial charge is 0.170 e. The number of hydrogen-bond donors (Lipinski definition) is 0. The molecule has 2 aromatic carbocycles. The fourth-order valence-corrected chi connectivity index (χ4v) is 9.33. The summed E-state index contributed by atoms with van der Waals surface area (Å²) >= 11 is 0. The van der Waals surface area contributed by atoms with E-state index < -0.39 is 0 Å². The first-order valence-electron chi connectivity index (χ1n) is 14.4. The lowest BCUT2D eigenvalue weighted by Gasteiger charge is -2.26. The minimum absolute atomic E-state index is 0.0744. The van der Waals surface area contributed by atoms with E-state index in [1.807, 2.05) is 0 Å². The van der Waals surface area contributed by atoms with Gasteiger partial charge in [-0.15, -0.1) is 0 Å². The van der Waals surface area contributed by atoms with Gasteiger partial charge in [-0.1, -0.05) is 49.0 Å². The first-order valence-corrected chi connectivity index (χ1v) is 15.7. The summed E-state index contributed by atoms with van der Waals surface area (Å²) in [6.07, 6.45) is 32.5. The Bertz CT molecular complexity index is 1350. The average Bonchev–Trinajstić information content (AvgIpc) is 3.43. The second kappa shape index (κ2) is 10.2. The van der Waals surface area contributed by atoms with Crippen LogP contribution in [-0.4, -0.2) is 6.10 Å². The number of ether oxygens (including phenoxy) is 1. The van der Waals surface area contributed by atoms with Crippen molar-refractivity contribution in [2.75, 3.05) is 0 Å². The molecular weight excluding hydrogens is 468 g/mol. The number of benzene rings is 2. The van der Waals surface area contributed by atoms with Gasteiger partial charge in [0, 0.05) is 17.5 Å². The van der Waals surface area contributed by atoms with Crippen LogP contribution in [0.2, 0.25) is 0 Å². The topological polar surface area (TPSA) is 9.23 Å². The van der Waals surface area contributed by atoms with Crippen LogP contribution in [0.15, 0.2) is 87.1 Å². The van der Waals surface area contributed by atoms with Crippen LogP contribution in [0.5, 0.6) is 5.75 Å². The van der Waals surface area contributed by atoms with Crippen molar-refractivity contribution >= 4 is 23.0 Å². The molecule has 7 rings (SSSR count). The van der Waals surface area contributed by atoms with Gasteiger partial charge < -0.3 is 4.74 Å². The van der Waals surface area contributed by atoms with Gasteiger partial charge in [-0.3, -0.25) is 0 Å². The summed E-state index contributed by atoms with van der Waals surface area (Å²) in [6, 6.07) is 12.1. The Morgan fingerprint density at radius 3 is 2.65 bits per heavy atom. The lowest BCUT2D eigenvalue weighted by Crippen LogP contribution is -2.21. The van der Waals surface area contributed by atoms with Crippen molar-refractivity contribution in [1.29, 1.82) is 0 Å². The van der Waals surface area contributed by atoms with E-state index in [4.69, 9.17) is 4.74 Å². The summed E-state index contributed by atoms with van der Waals surface area (Å²) in [6.45, 7) is 0. The lowest BCUT2D eigenvalue weighted by atomic mass is 9.94. The van der Waals surface area contributed by atoms with Gasteiger partial charge in [-0.05, 0) is 117 Å². The zero-order valence-electron chi connectivity index (χ0n) is 21.8. The zero-order valence-corrected chi connectivity index (χ0v) is 22.6. The molecule has 0 aromatic heterocycles. The molecule has 37 heavy (non-hydrogen) atoms. The van der Waals surface area contributed by atoms with Gasteiger partial charge >= 0.3 is 0 Å². The summed E-state index contributed by atoms with van der Waals surface area (Å²) in [5.41, 5.74) is 7.31. The van der Waals surface area contributed by atoms with Crippen LogP contribution in [0, 0.1) is 5.92 Å². The van der Waals surface area contributed by atoms with Crippen LogP contribution in [0.25, 0.3) is 12.2 Å². The van der Waals surface area contributed by atoms with Crippen molar-refractivity contribution in [3.05, 3.63) is 99.5 Å². The van der Waals surface area contributed by atoms with Gasteiger partial charge in [0.05, 0.1) is 17.0 Å². The number of fused-ring (bicyclic) bond motifs is 3. The van der Waals surface area contributed by atoms with Gasteiger partial charge in [0.15, 0.2) is 9.79 Å². The van der Waals surface area contributed by atoms with E-state index in [2.05, 4.69) is 78.9 Å². The molecule has 0 saturated heterocycles. The molecule has 2 unspecified atom stereocenters. The highest BCUT2D eigenvalue weighted by molar-refractivity contribution is 8.00. The number of rotatable bonds is 5. The van der Waals surface area contributed by atoms with Crippen LogP contribution in [0.4, 0.5) is 0 Å². The first-order chi connectivity index (χ1) is 18.3. The molecular formula is C35H37OS+. The molecule has 1 nitrogen and oxygen atoms in total. The molecule has 0 heterocycles. The van der Waals surface area contributed by atoms with Gasteiger partial charge in [-0.2, -0.15) is 0 Å². The largest absolute Gasteiger partial charge is 0.490 e. The van der Waals surface area contributed by atoms with Crippen molar-refractivity contribution in [3.63, 3.8) is 0 Å². The molecule has 0 bridgehead atoms. The molecule has 5 aliphatic rings. The first kappa shape index (κ1) is 23.4. The van der Waals surface area contributed by atoms with Gasteiger partial charge in [-0.25, -0.2) is 0 Å². The van der Waals surface area contributed by atoms with E-state index in [1.165, 1.54) is 82.6 Å². The number of allylic oxidation sites excluding steroid dienone is 8. The van der Waals surface area contributed by atoms with E-state index in [1.54, 1.807) is 4.91 Å². The molecule has 0 spiro atoms. The minimum atomic E-state index is -0.0744. The summed E-state index contributed by atoms with van der Waals surface area (Å²) in [5, 5.41) is 0. The molecule has 188 valence electrons. The Kier molecular flexibility index (Phi) is 6.46. The van der Waals surface area contributed by atoms with E-state index >= 15 is 0 Å². The number of hydrogen-bond acceptors (Lipinski definition) is 1. The van der Waals surface area contributed by atoms with Crippen LogP contribution in [-0.2, 0) is 23.7 Å². The summed E-state index contributed by atoms with van der Waals surface area (Å²) in [4.78, 5) is 4.61. The molecule has 2 heteroatoms. The maximum absolute atomic E-state index is 6.68. The Morgan fingerprint density at radius 2 is 1.70 bits per heavy atom. The fourth-order valence-electron chi connectivity index (χ4n) is 6.79. The van der Waals surface area contributed by atoms with Crippen LogP contribution >= 0.6 is 0 Å². The highest BCUT2D eigenvalue weighted by Gasteiger charge is 2.38. The van der Waals surface area contributed by atoms with Crippen molar-refractivity contribution in [1.82, 2.24) is 0 Å². The quantitative estimate of drug-likeness (QED) is 0.368. The summed E-state index contributed by atoms with van der Waals surface area (Å²) in [7, 11) is -0.0744. The molecule has 5 aliphatic carbocycles. The highest BCUT2D eigenvalue weighted by Crippen LogP contribution is 2.45. The standard InChI is InChI=1S/C35H37OS/c1-2-13-29(14-3-1)36-34-21-22-35(33-16-7-6-15-32(33)34)37(31-20-18-26-11-8-12-28(26)24-31)30-19-17-25-9-4-5-10-27(25)23-30/h4,6,8-9,11,15,17-23,28-29H,1-3,5,7,10,12-14,16,24H2/q+1. The monoisotopic (exact) mass is 505 g/mol. The van der Waals surface area contributed by atoms with Crippen molar-refractivity contribution in [3.8, 4) is 5.75 Å². The molecule has 2 atom stereocenters. The van der Waals surface area contributed by atoms with Gasteiger partial charge in [0.1, 0.15) is 10.7 Å². The molecule has 1 fully saturated rings. The Morgan fingerprint density at radius 1 is 0.811 bits per heavy atom. The zero-order chi connectivity index (χ0) is 24.6. The van der Waals surface area contributed by atoms with Crippen LogP contribution in [0.3, 0.4) is 0 Å². The van der Waals surface area contributed by atoms with E-state index in [9.17, 15) is 0 Å². The summed E-state index contributed by atoms with van der Waals surface area (Å²) < 4.78 is 6.68. The Hall–Kier alpha value is -2.71. The van der Waals surface area contributed by atoms with Crippen LogP contribution < -0.4 is 4.74 Å². The van der Waals surface area contributed by atoms with Crippen molar-refractivity contribution in [2.45, 2.75) is 86.5 Å². The molecule has 0 N–H and O–H groups in total. The average molecular weight is 506 g/mol. The van der Waals surface area contributed by atoms with Crippen molar-refractivity contribution in [2.24, 2.45) is 5.92 Å². The maximum atomic E-state index is 6.68. The van der Waals surface area contributed by atoms with Crippen molar-refractivity contribution < 1.29 is 4.74 Å². The molecule has 2 aromatic rings. The predicted molar refractivity (Wildman–Crippen MR) is 157 cm³/mol. The Balaban J connectivity index is 1.33. The molecule has 1 saturated carbocycles. The number of aryl methyl sites for hydroxylation is 1. The SMILES string of the molecule is C1=Cc2ccc([S+](C3=CC=C4C=CCC4C3)c3ccc(OC4CCCCC4)c4c3CCC=C4)cc2CC1. The second-order valence-electron chi connectivity index (χ2n) is 11.2. The third-order valence-corrected chi connectivity index (χ3v) is 11.2. The molecule has 0 radical (unpaired) electrons. The van der Waals surface area contributed by atoms with E-state index in [-0.39, 0.29) is 10.9 Å². The van der Waals surface area contributed by atoms with Gasteiger partial charge in [0.25, 0.3) is 0 Å². The fraction of sp³-hybridized carbons (Fsp3) is 0.371. The third-order valence-electron chi connectivity index (χ3n) is 8.79. The lowest BCUT2D eigenvalue weighted by molar-refractivity contribution is 0.154. The molecule has 0 aliphatic heterocycles. The Labute approximate surface area is 225 Å². The second-order valence-corrected chi connectivity index (χ2v) is 13.3. The van der Waals surface area contributed by atoms with E-state index in [0.29, 0.717) is 12.0 Å². The van der Waals surface area contributed by atoms with Crippen LogP contribution in [0.1, 0.15) is 80.0 Å². The normalized spacial score (nSPS) is 23.1. The minimum Gasteiger partial charge on any atom is -0.490 e. The maximum Gasteiger partial charge on any atom is 0.170 e. The van der Waals surface area contributed by atoms with E-state index in [0.717, 1.165) is 31.4 Å². The third kappa shape index (κ3) is 4.59. The highest BCUT2D eigenvalue weighted by atomic mass is 32.2.